The van der Waals surface area contributed by atoms with Gasteiger partial charge in [0, 0.05) is 38.6 Å². The average molecular weight is 347 g/mol. The Hall–Kier alpha value is -1.43. The molecule has 1 N–H and O–H groups in total. The third kappa shape index (κ3) is 3.89. The highest BCUT2D eigenvalue weighted by Gasteiger charge is 2.47. The lowest BCUT2D eigenvalue weighted by molar-refractivity contribution is -0.189. The molecule has 25 heavy (non-hydrogen) atoms. The summed E-state index contributed by atoms with van der Waals surface area (Å²) in [6, 6.07) is 5.96. The average Bonchev–Trinajstić information content (AvgIpc) is 2.55. The summed E-state index contributed by atoms with van der Waals surface area (Å²) in [6.45, 7) is 6.23. The van der Waals surface area contributed by atoms with Crippen molar-refractivity contribution in [2.24, 2.45) is 0 Å². The smallest absolute Gasteiger partial charge is 0.254 e. The summed E-state index contributed by atoms with van der Waals surface area (Å²) in [6.07, 6.45) is 2.71. The van der Waals surface area contributed by atoms with Crippen LogP contribution in [0.2, 0.25) is 0 Å². The van der Waals surface area contributed by atoms with Crippen molar-refractivity contribution < 1.29 is 19.4 Å². The van der Waals surface area contributed by atoms with Crippen LogP contribution in [0.4, 0.5) is 0 Å². The molecule has 2 aliphatic heterocycles. The molecule has 2 heterocycles. The van der Waals surface area contributed by atoms with E-state index in [1.54, 1.807) is 7.11 Å². The molecule has 0 aliphatic carbocycles. The number of ether oxygens (including phenoxy) is 2. The summed E-state index contributed by atoms with van der Waals surface area (Å²) in [5, 5.41) is 10.7. The Bertz CT molecular complexity index is 633. The predicted molar refractivity (Wildman–Crippen MR) is 95.8 cm³/mol. The van der Waals surface area contributed by atoms with E-state index < -0.39 is 5.60 Å². The standard InChI is InChI=1S/C20H29NO4/c1-15-4-5-17(16(2)12-15)18(22)21-9-6-20(7-10-21)13-19(23,14-24-3)8-11-25-20/h4-5,12,23H,6-11,13-14H2,1-3H3. The minimum absolute atomic E-state index is 0.0929. The molecular weight excluding hydrogens is 318 g/mol. The molecular formula is C20H29NO4. The van der Waals surface area contributed by atoms with Gasteiger partial charge >= 0.3 is 0 Å². The Morgan fingerprint density at radius 1 is 1.28 bits per heavy atom. The third-order valence-electron chi connectivity index (χ3n) is 5.61. The van der Waals surface area contributed by atoms with E-state index in [-0.39, 0.29) is 11.5 Å². The van der Waals surface area contributed by atoms with Crippen molar-refractivity contribution in [3.05, 3.63) is 34.9 Å². The molecule has 1 atom stereocenters. The summed E-state index contributed by atoms with van der Waals surface area (Å²) in [7, 11) is 1.62. The van der Waals surface area contributed by atoms with E-state index in [1.165, 1.54) is 5.56 Å². The summed E-state index contributed by atoms with van der Waals surface area (Å²) >= 11 is 0. The molecule has 1 aromatic carbocycles. The fourth-order valence-electron chi connectivity index (χ4n) is 4.25. The molecule has 2 aliphatic rings. The van der Waals surface area contributed by atoms with Gasteiger partial charge in [0.25, 0.3) is 5.91 Å². The summed E-state index contributed by atoms with van der Waals surface area (Å²) < 4.78 is 11.3. The molecule has 138 valence electrons. The fourth-order valence-corrected chi connectivity index (χ4v) is 4.25. The number of piperidine rings is 1. The van der Waals surface area contributed by atoms with Crippen LogP contribution < -0.4 is 0 Å². The van der Waals surface area contributed by atoms with E-state index in [0.717, 1.165) is 24.0 Å². The number of aryl methyl sites for hydroxylation is 2. The second-order valence-corrected chi connectivity index (χ2v) is 7.73. The predicted octanol–water partition coefficient (Wildman–Crippen LogP) is 2.47. The minimum atomic E-state index is -0.813. The number of likely N-dealkylation sites (tertiary alicyclic amines) is 1. The van der Waals surface area contributed by atoms with Crippen LogP contribution in [0.3, 0.4) is 0 Å². The zero-order chi connectivity index (χ0) is 18.1. The van der Waals surface area contributed by atoms with E-state index in [2.05, 4.69) is 0 Å². The number of amides is 1. The van der Waals surface area contributed by atoms with E-state index in [1.807, 2.05) is 36.9 Å². The first-order valence-electron chi connectivity index (χ1n) is 9.08. The summed E-state index contributed by atoms with van der Waals surface area (Å²) in [5.41, 5.74) is 1.83. The molecule has 2 fully saturated rings. The molecule has 3 rings (SSSR count). The molecule has 1 amide bonds. The Labute approximate surface area is 149 Å². The van der Waals surface area contributed by atoms with Crippen LogP contribution in [0.1, 0.15) is 47.2 Å². The topological polar surface area (TPSA) is 59.0 Å². The van der Waals surface area contributed by atoms with E-state index in [4.69, 9.17) is 9.47 Å². The largest absolute Gasteiger partial charge is 0.387 e. The lowest BCUT2D eigenvalue weighted by atomic mass is 9.77. The van der Waals surface area contributed by atoms with Crippen LogP contribution >= 0.6 is 0 Å². The second kappa shape index (κ2) is 7.06. The minimum Gasteiger partial charge on any atom is -0.387 e. The van der Waals surface area contributed by atoms with Gasteiger partial charge in [-0.1, -0.05) is 17.7 Å². The molecule has 1 spiro atoms. The Morgan fingerprint density at radius 2 is 2.00 bits per heavy atom. The molecule has 0 bridgehead atoms. The first-order valence-corrected chi connectivity index (χ1v) is 9.08. The monoisotopic (exact) mass is 347 g/mol. The van der Waals surface area contributed by atoms with Gasteiger partial charge in [0.15, 0.2) is 0 Å². The maximum atomic E-state index is 12.8. The van der Waals surface area contributed by atoms with Gasteiger partial charge in [0.05, 0.1) is 24.4 Å². The Balaban J connectivity index is 1.66. The van der Waals surface area contributed by atoms with Crippen LogP contribution in [0, 0.1) is 13.8 Å². The number of hydrogen-bond donors (Lipinski definition) is 1. The molecule has 5 nitrogen and oxygen atoms in total. The molecule has 5 heteroatoms. The van der Waals surface area contributed by atoms with E-state index in [9.17, 15) is 9.90 Å². The van der Waals surface area contributed by atoms with Crippen molar-refractivity contribution >= 4 is 5.91 Å². The molecule has 0 aromatic heterocycles. The van der Waals surface area contributed by atoms with Crippen LogP contribution in [-0.2, 0) is 9.47 Å². The zero-order valence-electron chi connectivity index (χ0n) is 15.5. The van der Waals surface area contributed by atoms with Gasteiger partial charge in [-0.05, 0) is 38.3 Å². The summed E-state index contributed by atoms with van der Waals surface area (Å²) in [4.78, 5) is 14.8. The number of aliphatic hydroxyl groups is 1. The van der Waals surface area contributed by atoms with Crippen LogP contribution in [0.15, 0.2) is 18.2 Å². The van der Waals surface area contributed by atoms with Crippen molar-refractivity contribution in [3.63, 3.8) is 0 Å². The number of carbonyl (C=O) groups is 1. The number of rotatable bonds is 3. The number of hydrogen-bond acceptors (Lipinski definition) is 4. The number of benzene rings is 1. The number of carbonyl (C=O) groups excluding carboxylic acids is 1. The normalized spacial score (nSPS) is 26.0. The molecule has 1 unspecified atom stereocenters. The second-order valence-electron chi connectivity index (χ2n) is 7.73. The van der Waals surface area contributed by atoms with E-state index >= 15 is 0 Å². The fraction of sp³-hybridized carbons (Fsp3) is 0.650. The van der Waals surface area contributed by atoms with Crippen LogP contribution in [-0.4, -0.2) is 60.5 Å². The van der Waals surface area contributed by atoms with Gasteiger partial charge in [0.1, 0.15) is 0 Å². The quantitative estimate of drug-likeness (QED) is 0.912. The highest BCUT2D eigenvalue weighted by Crippen LogP contribution is 2.40. The van der Waals surface area contributed by atoms with Gasteiger partial charge in [-0.25, -0.2) is 0 Å². The lowest BCUT2D eigenvalue weighted by Crippen LogP contribution is -2.56. The summed E-state index contributed by atoms with van der Waals surface area (Å²) in [5.74, 6) is 0.0929. The SMILES string of the molecule is COCC1(O)CCOC2(CCN(C(=O)c3ccc(C)cc3C)CC2)C1. The van der Waals surface area contributed by atoms with Gasteiger partial charge in [-0.15, -0.1) is 0 Å². The van der Waals surface area contributed by atoms with Crippen LogP contribution in [0.25, 0.3) is 0 Å². The number of methoxy groups -OCH3 is 1. The van der Waals surface area contributed by atoms with Crippen LogP contribution in [0.5, 0.6) is 0 Å². The maximum absolute atomic E-state index is 12.8. The molecule has 1 aromatic rings. The van der Waals surface area contributed by atoms with E-state index in [0.29, 0.717) is 39.1 Å². The maximum Gasteiger partial charge on any atom is 0.254 e. The van der Waals surface area contributed by atoms with Gasteiger partial charge in [-0.2, -0.15) is 0 Å². The van der Waals surface area contributed by atoms with Crippen molar-refractivity contribution in [2.45, 2.75) is 50.7 Å². The zero-order valence-corrected chi connectivity index (χ0v) is 15.5. The highest BCUT2D eigenvalue weighted by atomic mass is 16.5. The molecule has 2 saturated heterocycles. The van der Waals surface area contributed by atoms with Crippen molar-refractivity contribution in [2.75, 3.05) is 33.4 Å². The van der Waals surface area contributed by atoms with Gasteiger partial charge < -0.3 is 19.5 Å². The van der Waals surface area contributed by atoms with Gasteiger partial charge in [-0.3, -0.25) is 4.79 Å². The Morgan fingerprint density at radius 3 is 2.64 bits per heavy atom. The molecule has 0 saturated carbocycles. The van der Waals surface area contributed by atoms with Gasteiger partial charge in [0.2, 0.25) is 0 Å². The first-order chi connectivity index (χ1) is 11.9. The molecule has 0 radical (unpaired) electrons. The third-order valence-corrected chi connectivity index (χ3v) is 5.61. The highest BCUT2D eigenvalue weighted by molar-refractivity contribution is 5.95. The van der Waals surface area contributed by atoms with Crippen molar-refractivity contribution in [1.82, 2.24) is 4.90 Å². The number of nitrogens with zero attached hydrogens (tertiary/aromatic N) is 1. The van der Waals surface area contributed by atoms with Crippen molar-refractivity contribution in [3.8, 4) is 0 Å². The first kappa shape index (κ1) is 18.4. The lowest BCUT2D eigenvalue weighted by Gasteiger charge is -2.49. The van der Waals surface area contributed by atoms with Crippen molar-refractivity contribution in [1.29, 1.82) is 0 Å². The Kier molecular flexibility index (Phi) is 5.19.